The molecule has 160 valence electrons. The van der Waals surface area contributed by atoms with E-state index in [9.17, 15) is 23.4 Å². The summed E-state index contributed by atoms with van der Waals surface area (Å²) in [5, 5.41) is 20.5. The van der Waals surface area contributed by atoms with Gasteiger partial charge in [0.2, 0.25) is 0 Å². The van der Waals surface area contributed by atoms with Gasteiger partial charge in [-0.3, -0.25) is 13.5 Å². The number of ether oxygens (including phenoxy) is 1. The minimum absolute atomic E-state index is 0.0768. The average molecular weight is 449 g/mol. The molecule has 7 N–H and O–H groups in total. The van der Waals surface area contributed by atoms with Gasteiger partial charge in [0.25, 0.3) is 5.91 Å². The molecule has 0 aromatic carbocycles. The first-order valence-corrected chi connectivity index (χ1v) is 10.2. The van der Waals surface area contributed by atoms with Gasteiger partial charge in [-0.2, -0.15) is 21.0 Å². The Balaban J connectivity index is 1.70. The molecule has 2 aromatic rings. The Labute approximate surface area is 169 Å². The van der Waals surface area contributed by atoms with E-state index in [1.54, 1.807) is 4.72 Å². The average Bonchev–Trinajstić information content (AvgIpc) is 3.22. The molecule has 2 aromatic heterocycles. The van der Waals surface area contributed by atoms with Gasteiger partial charge in [0.05, 0.1) is 19.0 Å². The smallest absolute Gasteiger partial charge is 0.362 e. The number of thiol groups is 1. The van der Waals surface area contributed by atoms with Crippen LogP contribution in [0.15, 0.2) is 12.7 Å². The van der Waals surface area contributed by atoms with Gasteiger partial charge >= 0.3 is 10.3 Å². The molecular formula is C13H19N7O7S2. The highest BCUT2D eigenvalue weighted by Gasteiger charge is 2.45. The summed E-state index contributed by atoms with van der Waals surface area (Å²) in [6, 6.07) is -1.15. The topological polar surface area (TPSA) is 218 Å². The number of anilines is 1. The van der Waals surface area contributed by atoms with Crippen molar-refractivity contribution in [3.05, 3.63) is 12.7 Å². The maximum Gasteiger partial charge on any atom is 0.362 e. The highest BCUT2D eigenvalue weighted by Crippen LogP contribution is 2.32. The molecule has 1 aliphatic heterocycles. The number of nitrogens with one attached hydrogen (secondary N) is 1. The van der Waals surface area contributed by atoms with Gasteiger partial charge in [0, 0.05) is 5.75 Å². The van der Waals surface area contributed by atoms with E-state index in [4.69, 9.17) is 16.2 Å². The maximum absolute atomic E-state index is 11.8. The van der Waals surface area contributed by atoms with Crippen LogP contribution in [0.3, 0.4) is 0 Å². The van der Waals surface area contributed by atoms with Crippen molar-refractivity contribution < 1.29 is 32.3 Å². The number of imidazole rings is 1. The molecule has 14 nitrogen and oxygen atoms in total. The fourth-order valence-corrected chi connectivity index (χ4v) is 3.56. The van der Waals surface area contributed by atoms with Crippen LogP contribution in [0.25, 0.3) is 11.2 Å². The van der Waals surface area contributed by atoms with E-state index in [-0.39, 0.29) is 22.7 Å². The molecule has 3 rings (SSSR count). The number of hydrogen-bond donors (Lipinski definition) is 6. The second-order valence-electron chi connectivity index (χ2n) is 6.12. The number of aliphatic hydroxyl groups is 2. The quantitative estimate of drug-likeness (QED) is 0.229. The largest absolute Gasteiger partial charge is 0.387 e. The van der Waals surface area contributed by atoms with Crippen molar-refractivity contribution in [2.24, 2.45) is 5.73 Å². The number of nitrogens with two attached hydrogens (primary N) is 2. The zero-order chi connectivity index (χ0) is 21.3. The number of aliphatic hydroxyl groups excluding tert-OH is 2. The summed E-state index contributed by atoms with van der Waals surface area (Å²) in [7, 11) is -4.52. The molecule has 1 aliphatic rings. The summed E-state index contributed by atoms with van der Waals surface area (Å²) >= 11 is 3.79. The van der Waals surface area contributed by atoms with E-state index in [0.717, 1.165) is 0 Å². The predicted molar refractivity (Wildman–Crippen MR) is 101 cm³/mol. The monoisotopic (exact) mass is 449 g/mol. The first kappa shape index (κ1) is 21.6. The van der Waals surface area contributed by atoms with Gasteiger partial charge in [-0.05, 0) is 0 Å². The van der Waals surface area contributed by atoms with Crippen LogP contribution in [0.2, 0.25) is 0 Å². The third-order valence-electron chi connectivity index (χ3n) is 4.14. The summed E-state index contributed by atoms with van der Waals surface area (Å²) in [5.74, 6) is -0.969. The summed E-state index contributed by atoms with van der Waals surface area (Å²) in [6.07, 6.45) is -2.85. The van der Waals surface area contributed by atoms with Crippen molar-refractivity contribution in [2.75, 3.05) is 18.1 Å². The summed E-state index contributed by atoms with van der Waals surface area (Å²) < 4.78 is 36.8. The van der Waals surface area contributed by atoms with Crippen LogP contribution in [0.1, 0.15) is 6.23 Å². The molecule has 1 saturated heterocycles. The summed E-state index contributed by atoms with van der Waals surface area (Å²) in [5.41, 5.74) is 11.6. The number of carbonyl (C=O) groups excluding carboxylic acids is 1. The molecule has 5 atom stereocenters. The van der Waals surface area contributed by atoms with E-state index in [0.29, 0.717) is 0 Å². The summed E-state index contributed by atoms with van der Waals surface area (Å²) in [6.45, 7) is -0.683. The van der Waals surface area contributed by atoms with Crippen LogP contribution < -0.4 is 16.2 Å². The third kappa shape index (κ3) is 4.42. The molecule has 3 heterocycles. The van der Waals surface area contributed by atoms with Gasteiger partial charge in [0.1, 0.15) is 30.2 Å². The van der Waals surface area contributed by atoms with Crippen LogP contribution in [0.4, 0.5) is 5.82 Å². The van der Waals surface area contributed by atoms with Crippen LogP contribution in [-0.2, 0) is 24.0 Å². The zero-order valence-electron chi connectivity index (χ0n) is 14.7. The second kappa shape index (κ2) is 8.34. The molecule has 0 bridgehead atoms. The molecule has 16 heteroatoms. The first-order valence-electron chi connectivity index (χ1n) is 8.16. The molecule has 1 amide bonds. The Hall–Kier alpha value is -2.08. The minimum atomic E-state index is -4.52. The first-order chi connectivity index (χ1) is 13.6. The highest BCUT2D eigenvalue weighted by atomic mass is 32.2. The SMILES string of the molecule is Nc1ncnc2c1ncn2[C@@H]1O[C@H](COS(=O)(=O)NC(=O)[C@@H](N)CS)[C@@H](O)[C@H]1O. The number of amides is 1. The van der Waals surface area contributed by atoms with Crippen LogP contribution in [0, 0.1) is 0 Å². The lowest BCUT2D eigenvalue weighted by Crippen LogP contribution is -2.45. The van der Waals surface area contributed by atoms with Gasteiger partial charge in [0.15, 0.2) is 17.7 Å². The third-order valence-corrected chi connectivity index (χ3v) is 5.44. The Kier molecular flexibility index (Phi) is 6.22. The normalized spacial score (nSPS) is 25.9. The molecule has 0 spiro atoms. The summed E-state index contributed by atoms with van der Waals surface area (Å²) in [4.78, 5) is 23.4. The van der Waals surface area contributed by atoms with Crippen molar-refractivity contribution in [2.45, 2.75) is 30.6 Å². The van der Waals surface area contributed by atoms with E-state index < -0.39 is 53.4 Å². The van der Waals surface area contributed by atoms with Gasteiger partial charge < -0.3 is 26.4 Å². The fourth-order valence-electron chi connectivity index (χ4n) is 2.62. The van der Waals surface area contributed by atoms with Crippen molar-refractivity contribution in [1.29, 1.82) is 0 Å². The Morgan fingerprint density at radius 1 is 1.38 bits per heavy atom. The second-order valence-corrected chi connectivity index (χ2v) is 7.84. The maximum atomic E-state index is 11.8. The predicted octanol–water partition coefficient (Wildman–Crippen LogP) is -3.34. The Morgan fingerprint density at radius 3 is 2.79 bits per heavy atom. The number of nitrogens with zero attached hydrogens (tertiary/aromatic N) is 4. The Morgan fingerprint density at radius 2 is 2.10 bits per heavy atom. The molecule has 0 aliphatic carbocycles. The molecule has 0 radical (unpaired) electrons. The highest BCUT2D eigenvalue weighted by molar-refractivity contribution is 7.85. The molecule has 0 unspecified atom stereocenters. The van der Waals surface area contributed by atoms with Crippen molar-refractivity contribution in [3.63, 3.8) is 0 Å². The molecule has 0 saturated carbocycles. The van der Waals surface area contributed by atoms with Crippen molar-refractivity contribution in [1.82, 2.24) is 24.2 Å². The number of hydrogen-bond acceptors (Lipinski definition) is 13. The number of nitrogen functional groups attached to an aromatic ring is 1. The van der Waals surface area contributed by atoms with Gasteiger partial charge in [-0.25, -0.2) is 19.7 Å². The standard InChI is InChI=1S/C13H19N7O7S2/c14-5(2-28)12(23)19-29(24,25)26-1-6-8(21)9(22)13(27-6)20-4-18-7-10(15)16-3-17-11(7)20/h3-6,8-9,13,21-22,28H,1-2,14H2,(H,19,23)(H2,15,16,17)/t5-,6+,8+,9+,13+/m0/s1. The van der Waals surface area contributed by atoms with E-state index >= 15 is 0 Å². The molecule has 1 fully saturated rings. The van der Waals surface area contributed by atoms with Crippen LogP contribution >= 0.6 is 12.6 Å². The number of rotatable bonds is 7. The molecule has 29 heavy (non-hydrogen) atoms. The van der Waals surface area contributed by atoms with Gasteiger partial charge in [-0.15, -0.1) is 0 Å². The number of carbonyl (C=O) groups is 1. The lowest BCUT2D eigenvalue weighted by atomic mass is 10.1. The van der Waals surface area contributed by atoms with Crippen molar-refractivity contribution >= 4 is 45.8 Å². The van der Waals surface area contributed by atoms with Crippen LogP contribution in [-0.4, -0.2) is 80.8 Å². The minimum Gasteiger partial charge on any atom is -0.387 e. The lowest BCUT2D eigenvalue weighted by molar-refractivity contribution is -0.120. The lowest BCUT2D eigenvalue weighted by Gasteiger charge is -2.16. The van der Waals surface area contributed by atoms with E-state index in [1.807, 2.05) is 0 Å². The van der Waals surface area contributed by atoms with E-state index in [1.165, 1.54) is 17.2 Å². The van der Waals surface area contributed by atoms with E-state index in [2.05, 4.69) is 31.8 Å². The number of fused-ring (bicyclic) bond motifs is 1. The Bertz CT molecular complexity index is 1000. The molecular weight excluding hydrogens is 430 g/mol. The fraction of sp³-hybridized carbons (Fsp3) is 0.538. The van der Waals surface area contributed by atoms with Crippen LogP contribution in [0.5, 0.6) is 0 Å². The zero-order valence-corrected chi connectivity index (χ0v) is 16.4. The van der Waals surface area contributed by atoms with Gasteiger partial charge in [-0.1, -0.05) is 0 Å². The van der Waals surface area contributed by atoms with Crippen molar-refractivity contribution in [3.8, 4) is 0 Å². The number of aromatic nitrogens is 4.